The Morgan fingerprint density at radius 2 is 1.71 bits per heavy atom. The first kappa shape index (κ1) is 25.4. The lowest BCUT2D eigenvalue weighted by Crippen LogP contribution is -2.38. The van der Waals surface area contributed by atoms with Gasteiger partial charge in [-0.15, -0.1) is 0 Å². The van der Waals surface area contributed by atoms with E-state index in [2.05, 4.69) is 64.8 Å². The molecular formula is C29H38N4OS. The molecule has 1 aromatic heterocycles. The van der Waals surface area contributed by atoms with Gasteiger partial charge in [0.05, 0.1) is 0 Å². The minimum Gasteiger partial charge on any atom is -0.352 e. The number of carbonyl (C=O) groups is 1. The van der Waals surface area contributed by atoms with Crippen molar-refractivity contribution in [1.29, 1.82) is 0 Å². The van der Waals surface area contributed by atoms with Crippen LogP contribution in [-0.4, -0.2) is 34.9 Å². The smallest absolute Gasteiger partial charge is 0.251 e. The predicted octanol–water partition coefficient (Wildman–Crippen LogP) is 6.21. The number of nitrogens with zero attached hydrogens (tertiary/aromatic N) is 3. The van der Waals surface area contributed by atoms with E-state index in [0.29, 0.717) is 5.92 Å². The van der Waals surface area contributed by atoms with Crippen LogP contribution in [0.5, 0.6) is 0 Å². The predicted molar refractivity (Wildman–Crippen MR) is 145 cm³/mol. The van der Waals surface area contributed by atoms with Gasteiger partial charge in [-0.25, -0.2) is 4.98 Å². The minimum atomic E-state index is 0.0369. The molecule has 0 aliphatic carbocycles. The van der Waals surface area contributed by atoms with E-state index in [0.717, 1.165) is 61.8 Å². The summed E-state index contributed by atoms with van der Waals surface area (Å²) in [4.78, 5) is 19.7. The molecule has 0 saturated carbocycles. The van der Waals surface area contributed by atoms with Gasteiger partial charge in [-0.05, 0) is 61.8 Å². The van der Waals surface area contributed by atoms with Crippen LogP contribution in [0.3, 0.4) is 0 Å². The number of aryl methyl sites for hydroxylation is 2. The normalized spacial score (nSPS) is 14.3. The molecule has 3 aromatic rings. The Balaban J connectivity index is 1.18. The summed E-state index contributed by atoms with van der Waals surface area (Å²) in [7, 11) is 0. The van der Waals surface area contributed by atoms with Crippen LogP contribution < -0.4 is 10.2 Å². The Labute approximate surface area is 214 Å². The van der Waals surface area contributed by atoms with Gasteiger partial charge in [-0.1, -0.05) is 68.1 Å². The molecular weight excluding hydrogens is 452 g/mol. The molecule has 2 heterocycles. The molecule has 1 N–H and O–H groups in total. The fourth-order valence-corrected chi connectivity index (χ4v) is 5.32. The van der Waals surface area contributed by atoms with Crippen LogP contribution in [0.25, 0.3) is 0 Å². The summed E-state index contributed by atoms with van der Waals surface area (Å²) in [6, 6.07) is 16.7. The molecule has 186 valence electrons. The average Bonchev–Trinajstić information content (AvgIpc) is 3.36. The third-order valence-electron chi connectivity index (χ3n) is 6.91. The molecule has 6 heteroatoms. The van der Waals surface area contributed by atoms with Crippen molar-refractivity contribution >= 4 is 22.6 Å². The number of anilines is 1. The van der Waals surface area contributed by atoms with Crippen LogP contribution >= 0.6 is 11.5 Å². The van der Waals surface area contributed by atoms with Crippen LogP contribution in [-0.2, 0) is 12.8 Å². The SMILES string of the molecule is CCCCCCc1ccc(C(=O)NCC2CCN(c3nc(Cc4ccc(C)cc4)ns3)CC2)cc1. The molecule has 35 heavy (non-hydrogen) atoms. The van der Waals surface area contributed by atoms with Gasteiger partial charge in [-0.3, -0.25) is 4.79 Å². The van der Waals surface area contributed by atoms with Crippen LogP contribution in [0.1, 0.15) is 78.3 Å². The molecule has 2 aromatic carbocycles. The van der Waals surface area contributed by atoms with Gasteiger partial charge in [0.2, 0.25) is 5.13 Å². The maximum absolute atomic E-state index is 12.6. The molecule has 0 bridgehead atoms. The second-order valence-electron chi connectivity index (χ2n) is 9.80. The highest BCUT2D eigenvalue weighted by Gasteiger charge is 2.22. The zero-order chi connectivity index (χ0) is 24.5. The van der Waals surface area contributed by atoms with Crippen molar-refractivity contribution in [2.75, 3.05) is 24.5 Å². The van der Waals surface area contributed by atoms with E-state index >= 15 is 0 Å². The number of hydrogen-bond acceptors (Lipinski definition) is 5. The third kappa shape index (κ3) is 7.63. The average molecular weight is 491 g/mol. The lowest BCUT2D eigenvalue weighted by molar-refractivity contribution is 0.0945. The van der Waals surface area contributed by atoms with Crippen molar-refractivity contribution in [2.45, 2.75) is 65.2 Å². The number of amides is 1. The Bertz CT molecular complexity index is 1050. The first-order valence-corrected chi connectivity index (χ1v) is 13.9. The number of piperidine rings is 1. The van der Waals surface area contributed by atoms with Crippen LogP contribution in [0.2, 0.25) is 0 Å². The van der Waals surface area contributed by atoms with Crippen LogP contribution in [0, 0.1) is 12.8 Å². The fourth-order valence-electron chi connectivity index (χ4n) is 4.58. The zero-order valence-electron chi connectivity index (χ0n) is 21.1. The second kappa shape index (κ2) is 12.8. The molecule has 1 saturated heterocycles. The highest BCUT2D eigenvalue weighted by atomic mass is 32.1. The summed E-state index contributed by atoms with van der Waals surface area (Å²) in [5.41, 5.74) is 4.60. The Hall–Kier alpha value is -2.73. The summed E-state index contributed by atoms with van der Waals surface area (Å²) >= 11 is 1.50. The molecule has 1 amide bonds. The van der Waals surface area contributed by atoms with Gasteiger partial charge in [-0.2, -0.15) is 4.37 Å². The number of unbranched alkanes of at least 4 members (excludes halogenated alkanes) is 3. The van der Waals surface area contributed by atoms with E-state index in [-0.39, 0.29) is 5.91 Å². The molecule has 1 fully saturated rings. The lowest BCUT2D eigenvalue weighted by Gasteiger charge is -2.31. The van der Waals surface area contributed by atoms with Gasteiger partial charge in [0.15, 0.2) is 0 Å². The molecule has 0 spiro atoms. The van der Waals surface area contributed by atoms with E-state index in [1.165, 1.54) is 53.9 Å². The standard InChI is InChI=1S/C29H38N4OS/c1-3-4-5-6-7-23-12-14-26(15-13-23)28(34)30-21-25-16-18-33(19-17-25)29-31-27(32-35-29)20-24-10-8-22(2)9-11-24/h8-15,25H,3-7,16-21H2,1-2H3,(H,30,34). The van der Waals surface area contributed by atoms with Crippen molar-refractivity contribution in [3.63, 3.8) is 0 Å². The Morgan fingerprint density at radius 1 is 1.00 bits per heavy atom. The van der Waals surface area contributed by atoms with Crippen molar-refractivity contribution in [3.8, 4) is 0 Å². The summed E-state index contributed by atoms with van der Waals surface area (Å²) in [6.07, 6.45) is 9.06. The number of aromatic nitrogens is 2. The van der Waals surface area contributed by atoms with E-state index in [4.69, 9.17) is 4.98 Å². The maximum atomic E-state index is 12.6. The third-order valence-corrected chi connectivity index (χ3v) is 7.73. The van der Waals surface area contributed by atoms with Crippen LogP contribution in [0.15, 0.2) is 48.5 Å². The Morgan fingerprint density at radius 3 is 2.43 bits per heavy atom. The second-order valence-corrected chi connectivity index (χ2v) is 10.5. The number of benzene rings is 2. The topological polar surface area (TPSA) is 58.1 Å². The molecule has 0 atom stereocenters. The molecule has 5 nitrogen and oxygen atoms in total. The summed E-state index contributed by atoms with van der Waals surface area (Å²) < 4.78 is 4.58. The molecule has 1 aliphatic rings. The molecule has 4 rings (SSSR count). The number of carbonyl (C=O) groups excluding carboxylic acids is 1. The number of nitrogens with one attached hydrogen (secondary N) is 1. The van der Waals surface area contributed by atoms with E-state index in [9.17, 15) is 4.79 Å². The van der Waals surface area contributed by atoms with Gasteiger partial charge >= 0.3 is 0 Å². The van der Waals surface area contributed by atoms with Crippen molar-refractivity contribution < 1.29 is 4.79 Å². The molecule has 0 radical (unpaired) electrons. The number of rotatable bonds is 11. The first-order chi connectivity index (χ1) is 17.1. The first-order valence-electron chi connectivity index (χ1n) is 13.1. The zero-order valence-corrected chi connectivity index (χ0v) is 21.9. The molecule has 0 unspecified atom stereocenters. The number of hydrogen-bond donors (Lipinski definition) is 1. The summed E-state index contributed by atoms with van der Waals surface area (Å²) in [5.74, 6) is 1.44. The molecule has 1 aliphatic heterocycles. The van der Waals surface area contributed by atoms with E-state index in [1.807, 2.05) is 12.1 Å². The van der Waals surface area contributed by atoms with Crippen molar-refractivity contribution in [1.82, 2.24) is 14.7 Å². The monoisotopic (exact) mass is 490 g/mol. The minimum absolute atomic E-state index is 0.0369. The summed E-state index contributed by atoms with van der Waals surface area (Å²) in [6.45, 7) is 7.00. The van der Waals surface area contributed by atoms with Gasteiger partial charge < -0.3 is 10.2 Å². The lowest BCUT2D eigenvalue weighted by atomic mass is 9.97. The van der Waals surface area contributed by atoms with Crippen LogP contribution in [0.4, 0.5) is 5.13 Å². The van der Waals surface area contributed by atoms with Gasteiger partial charge in [0, 0.05) is 43.2 Å². The largest absolute Gasteiger partial charge is 0.352 e. The van der Waals surface area contributed by atoms with Gasteiger partial charge in [0.1, 0.15) is 5.82 Å². The van der Waals surface area contributed by atoms with E-state index in [1.54, 1.807) is 0 Å². The summed E-state index contributed by atoms with van der Waals surface area (Å²) in [5, 5.41) is 4.17. The van der Waals surface area contributed by atoms with Crippen molar-refractivity contribution in [2.24, 2.45) is 5.92 Å². The van der Waals surface area contributed by atoms with Crippen molar-refractivity contribution in [3.05, 3.63) is 76.6 Å². The Kier molecular flexibility index (Phi) is 9.29. The highest BCUT2D eigenvalue weighted by molar-refractivity contribution is 7.09. The maximum Gasteiger partial charge on any atom is 0.251 e. The van der Waals surface area contributed by atoms with Gasteiger partial charge in [0.25, 0.3) is 5.91 Å². The quantitative estimate of drug-likeness (QED) is 0.325. The van der Waals surface area contributed by atoms with E-state index < -0.39 is 0 Å². The highest BCUT2D eigenvalue weighted by Crippen LogP contribution is 2.25. The fraction of sp³-hybridized carbons (Fsp3) is 0.483.